The lowest BCUT2D eigenvalue weighted by atomic mass is 10.3. The molecule has 2 heteroatoms. The van der Waals surface area contributed by atoms with Crippen LogP contribution < -0.4 is 11.1 Å². The predicted molar refractivity (Wildman–Crippen MR) is 27.6 cm³/mol. The van der Waals surface area contributed by atoms with Crippen LogP contribution >= 0.6 is 0 Å². The summed E-state index contributed by atoms with van der Waals surface area (Å²) in [4.78, 5) is 0. The summed E-state index contributed by atoms with van der Waals surface area (Å²) in [5, 5.41) is 3.17. The van der Waals surface area contributed by atoms with E-state index in [4.69, 9.17) is 5.73 Å². The summed E-state index contributed by atoms with van der Waals surface area (Å²) in [6.07, 6.45) is 3.17. The van der Waals surface area contributed by atoms with E-state index in [1.165, 1.54) is 12.8 Å². The maximum absolute atomic E-state index is 5.50. The Balaban J connectivity index is 1.88. The molecule has 3 N–H and O–H groups in total. The van der Waals surface area contributed by atoms with Crippen LogP contribution in [0.2, 0.25) is 0 Å². The van der Waals surface area contributed by atoms with Gasteiger partial charge in [0, 0.05) is 6.04 Å². The van der Waals surface area contributed by atoms with Gasteiger partial charge in [-0.05, 0) is 18.8 Å². The number of nitrogens with two attached hydrogens (primary N) is 1. The minimum atomic E-state index is 0.354. The zero-order chi connectivity index (χ0) is 4.85. The Labute approximate surface area is 43.1 Å². The summed E-state index contributed by atoms with van der Waals surface area (Å²) in [5.74, 6) is 0.954. The van der Waals surface area contributed by atoms with Crippen molar-refractivity contribution in [2.45, 2.75) is 25.0 Å². The second-order valence-electron chi connectivity index (χ2n) is 2.56. The molecule has 0 aromatic carbocycles. The Morgan fingerprint density at radius 2 is 2.00 bits per heavy atom. The number of hydrogen-bond donors (Lipinski definition) is 2. The van der Waals surface area contributed by atoms with Crippen LogP contribution in [-0.4, -0.2) is 12.2 Å². The van der Waals surface area contributed by atoms with Crippen LogP contribution in [0, 0.1) is 5.92 Å². The lowest BCUT2D eigenvalue weighted by Gasteiger charge is -1.80. The molecule has 1 aliphatic heterocycles. The number of hydrogen-bond acceptors (Lipinski definition) is 2. The fourth-order valence-electron chi connectivity index (χ4n) is 1.05. The fraction of sp³-hybridized carbons (Fsp3) is 1.00. The number of nitrogens with one attached hydrogen (secondary N) is 1. The molecule has 1 saturated carbocycles. The largest absolute Gasteiger partial charge is 0.315 e. The topological polar surface area (TPSA) is 48.0 Å². The molecule has 0 radical (unpaired) electrons. The van der Waals surface area contributed by atoms with Crippen molar-refractivity contribution in [3.8, 4) is 0 Å². The Morgan fingerprint density at radius 1 is 1.43 bits per heavy atom. The molecule has 7 heavy (non-hydrogen) atoms. The van der Waals surface area contributed by atoms with Crippen LogP contribution in [0.15, 0.2) is 0 Å². The van der Waals surface area contributed by atoms with Crippen LogP contribution in [0.3, 0.4) is 0 Å². The zero-order valence-electron chi connectivity index (χ0n) is 4.22. The Morgan fingerprint density at radius 3 is 2.14 bits per heavy atom. The highest BCUT2D eigenvalue weighted by atomic mass is 15.3. The van der Waals surface area contributed by atoms with Gasteiger partial charge in [0.05, 0.1) is 6.17 Å². The van der Waals surface area contributed by atoms with E-state index in [0.29, 0.717) is 12.2 Å². The SMILES string of the molecule is NC1NC1C1CC1. The van der Waals surface area contributed by atoms with E-state index in [2.05, 4.69) is 5.32 Å². The first-order chi connectivity index (χ1) is 3.38. The van der Waals surface area contributed by atoms with E-state index in [1.807, 2.05) is 0 Å². The third kappa shape index (κ3) is 0.545. The zero-order valence-corrected chi connectivity index (χ0v) is 4.22. The molecular weight excluding hydrogens is 88.1 g/mol. The third-order valence-electron chi connectivity index (χ3n) is 1.79. The summed E-state index contributed by atoms with van der Waals surface area (Å²) in [7, 11) is 0. The number of rotatable bonds is 1. The molecule has 2 unspecified atom stereocenters. The molecule has 0 spiro atoms. The summed E-state index contributed by atoms with van der Waals surface area (Å²) >= 11 is 0. The first-order valence-electron chi connectivity index (χ1n) is 2.89. The molecule has 40 valence electrons. The quantitative estimate of drug-likeness (QED) is 0.440. The highest BCUT2D eigenvalue weighted by molar-refractivity contribution is 5.03. The van der Waals surface area contributed by atoms with E-state index >= 15 is 0 Å². The normalized spacial score (nSPS) is 49.3. The molecule has 1 heterocycles. The van der Waals surface area contributed by atoms with Gasteiger partial charge in [0.25, 0.3) is 0 Å². The van der Waals surface area contributed by atoms with Gasteiger partial charge >= 0.3 is 0 Å². The van der Waals surface area contributed by atoms with E-state index in [1.54, 1.807) is 0 Å². The van der Waals surface area contributed by atoms with Crippen molar-refractivity contribution in [3.05, 3.63) is 0 Å². The van der Waals surface area contributed by atoms with Crippen molar-refractivity contribution < 1.29 is 0 Å². The highest BCUT2D eigenvalue weighted by Gasteiger charge is 2.44. The Kier molecular flexibility index (Phi) is 0.557. The van der Waals surface area contributed by atoms with Gasteiger partial charge in [-0.3, -0.25) is 5.32 Å². The monoisotopic (exact) mass is 98.1 g/mol. The average molecular weight is 98.1 g/mol. The average Bonchev–Trinajstić information content (AvgIpc) is 2.23. The second kappa shape index (κ2) is 1.01. The van der Waals surface area contributed by atoms with Crippen molar-refractivity contribution >= 4 is 0 Å². The first kappa shape index (κ1) is 3.87. The summed E-state index contributed by atoms with van der Waals surface area (Å²) in [6.45, 7) is 0. The fourth-order valence-corrected chi connectivity index (χ4v) is 1.05. The first-order valence-corrected chi connectivity index (χ1v) is 2.89. The molecule has 1 aliphatic carbocycles. The van der Waals surface area contributed by atoms with E-state index in [9.17, 15) is 0 Å². The lowest BCUT2D eigenvalue weighted by Crippen LogP contribution is -2.06. The summed E-state index contributed by atoms with van der Waals surface area (Å²) < 4.78 is 0. The van der Waals surface area contributed by atoms with Gasteiger partial charge in [0.15, 0.2) is 0 Å². The van der Waals surface area contributed by atoms with Crippen molar-refractivity contribution in [1.29, 1.82) is 0 Å². The summed E-state index contributed by atoms with van der Waals surface area (Å²) in [6, 6.07) is 0.708. The van der Waals surface area contributed by atoms with E-state index < -0.39 is 0 Å². The lowest BCUT2D eigenvalue weighted by molar-refractivity contribution is 0.781. The summed E-state index contributed by atoms with van der Waals surface area (Å²) in [5.41, 5.74) is 5.50. The molecule has 2 atom stereocenters. The molecule has 0 aromatic heterocycles. The van der Waals surface area contributed by atoms with Crippen LogP contribution in [0.5, 0.6) is 0 Å². The van der Waals surface area contributed by atoms with Crippen LogP contribution in [0.25, 0.3) is 0 Å². The van der Waals surface area contributed by atoms with Gasteiger partial charge in [-0.25, -0.2) is 0 Å². The van der Waals surface area contributed by atoms with Gasteiger partial charge in [0.1, 0.15) is 0 Å². The van der Waals surface area contributed by atoms with Crippen molar-refractivity contribution in [3.63, 3.8) is 0 Å². The molecular formula is C5H10N2. The smallest absolute Gasteiger partial charge is 0.0711 e. The van der Waals surface area contributed by atoms with Gasteiger partial charge < -0.3 is 5.73 Å². The van der Waals surface area contributed by atoms with Gasteiger partial charge in [-0.15, -0.1) is 0 Å². The van der Waals surface area contributed by atoms with Gasteiger partial charge in [-0.1, -0.05) is 0 Å². The van der Waals surface area contributed by atoms with Crippen molar-refractivity contribution in [2.75, 3.05) is 0 Å². The molecule has 0 aromatic rings. The Hall–Kier alpha value is -0.0800. The predicted octanol–water partition coefficient (Wildman–Crippen LogP) is -0.347. The van der Waals surface area contributed by atoms with E-state index in [0.717, 1.165) is 5.92 Å². The van der Waals surface area contributed by atoms with Crippen LogP contribution in [0.1, 0.15) is 12.8 Å². The highest BCUT2D eigenvalue weighted by Crippen LogP contribution is 2.37. The van der Waals surface area contributed by atoms with Crippen molar-refractivity contribution in [2.24, 2.45) is 11.7 Å². The molecule has 2 rings (SSSR count). The third-order valence-corrected chi connectivity index (χ3v) is 1.79. The van der Waals surface area contributed by atoms with Gasteiger partial charge in [-0.2, -0.15) is 0 Å². The molecule has 2 aliphatic rings. The standard InChI is InChI=1S/C5H10N2/c6-5-4(7-5)3-1-2-3/h3-5,7H,1-2,6H2. The molecule has 0 amide bonds. The van der Waals surface area contributed by atoms with Gasteiger partial charge in [0.2, 0.25) is 0 Å². The molecule has 2 nitrogen and oxygen atoms in total. The van der Waals surface area contributed by atoms with E-state index in [-0.39, 0.29) is 0 Å². The molecule has 1 saturated heterocycles. The minimum absolute atomic E-state index is 0.354. The Bertz CT molecular complexity index is 88.1. The van der Waals surface area contributed by atoms with Crippen LogP contribution in [-0.2, 0) is 0 Å². The molecule has 0 bridgehead atoms. The van der Waals surface area contributed by atoms with Crippen LogP contribution in [0.4, 0.5) is 0 Å². The second-order valence-corrected chi connectivity index (χ2v) is 2.56. The van der Waals surface area contributed by atoms with Crippen molar-refractivity contribution in [1.82, 2.24) is 5.32 Å². The maximum Gasteiger partial charge on any atom is 0.0711 e. The molecule has 2 fully saturated rings. The minimum Gasteiger partial charge on any atom is -0.315 e. The maximum atomic E-state index is 5.50.